The zero-order valence-electron chi connectivity index (χ0n) is 8.74. The number of fused-ring (bicyclic) bond motifs is 2. The molecular formula is C11H20N2O. The van der Waals surface area contributed by atoms with E-state index in [1.807, 2.05) is 0 Å². The topological polar surface area (TPSA) is 24.5 Å². The van der Waals surface area contributed by atoms with Crippen LogP contribution in [0, 0.1) is 0 Å². The Morgan fingerprint density at radius 3 is 2.93 bits per heavy atom. The zero-order chi connectivity index (χ0) is 9.38. The molecule has 0 aromatic carbocycles. The summed E-state index contributed by atoms with van der Waals surface area (Å²) in [6.07, 6.45) is 6.38. The fourth-order valence-corrected chi connectivity index (χ4v) is 3.19. The third kappa shape index (κ3) is 1.58. The molecule has 0 radical (unpaired) electrons. The predicted molar refractivity (Wildman–Crippen MR) is 55.4 cm³/mol. The minimum absolute atomic E-state index is 0.568. The van der Waals surface area contributed by atoms with E-state index >= 15 is 0 Å². The van der Waals surface area contributed by atoms with Crippen molar-refractivity contribution in [1.82, 2.24) is 10.2 Å². The average Bonchev–Trinajstić information content (AvgIpc) is 2.72. The molecule has 0 aromatic heterocycles. The van der Waals surface area contributed by atoms with Gasteiger partial charge in [0.15, 0.2) is 0 Å². The highest BCUT2D eigenvalue weighted by molar-refractivity contribution is 4.95. The number of hydrogen-bond acceptors (Lipinski definition) is 3. The predicted octanol–water partition coefficient (Wildman–Crippen LogP) is 0.602. The molecule has 3 rings (SSSR count). The van der Waals surface area contributed by atoms with Gasteiger partial charge in [0.25, 0.3) is 0 Å². The quantitative estimate of drug-likeness (QED) is 0.665. The highest BCUT2D eigenvalue weighted by atomic mass is 16.5. The molecule has 0 aliphatic carbocycles. The maximum Gasteiger partial charge on any atom is 0.0735 e. The van der Waals surface area contributed by atoms with Gasteiger partial charge in [0.1, 0.15) is 0 Å². The molecule has 3 heterocycles. The largest absolute Gasteiger partial charge is 0.373 e. The fourth-order valence-electron chi connectivity index (χ4n) is 3.19. The van der Waals surface area contributed by atoms with Crippen molar-refractivity contribution < 1.29 is 4.74 Å². The molecule has 80 valence electrons. The molecule has 3 aliphatic heterocycles. The lowest BCUT2D eigenvalue weighted by Crippen LogP contribution is -2.43. The van der Waals surface area contributed by atoms with Gasteiger partial charge in [-0.25, -0.2) is 0 Å². The fraction of sp³-hybridized carbons (Fsp3) is 1.00. The second-order valence-electron chi connectivity index (χ2n) is 4.82. The number of nitrogens with one attached hydrogen (secondary N) is 1. The monoisotopic (exact) mass is 196 g/mol. The maximum atomic E-state index is 5.92. The van der Waals surface area contributed by atoms with Gasteiger partial charge in [-0.05, 0) is 38.8 Å². The van der Waals surface area contributed by atoms with E-state index in [0.29, 0.717) is 12.2 Å². The second kappa shape index (κ2) is 3.80. The van der Waals surface area contributed by atoms with Crippen molar-refractivity contribution in [2.45, 2.75) is 43.9 Å². The van der Waals surface area contributed by atoms with Crippen molar-refractivity contribution in [2.75, 3.05) is 26.2 Å². The van der Waals surface area contributed by atoms with E-state index in [9.17, 15) is 0 Å². The summed E-state index contributed by atoms with van der Waals surface area (Å²) in [4.78, 5) is 2.66. The Morgan fingerprint density at radius 1 is 1.14 bits per heavy atom. The van der Waals surface area contributed by atoms with E-state index in [1.54, 1.807) is 0 Å². The lowest BCUT2D eigenvalue weighted by atomic mass is 9.94. The molecule has 3 nitrogen and oxygen atoms in total. The van der Waals surface area contributed by atoms with Gasteiger partial charge in [-0.2, -0.15) is 0 Å². The van der Waals surface area contributed by atoms with Gasteiger partial charge in [0, 0.05) is 19.1 Å². The molecule has 3 heteroatoms. The average molecular weight is 196 g/mol. The van der Waals surface area contributed by atoms with E-state index in [2.05, 4.69) is 10.2 Å². The number of hydrogen-bond donors (Lipinski definition) is 1. The SMILES string of the molecule is C1CNCCN(C2CC3CCC2O3)C1. The van der Waals surface area contributed by atoms with Gasteiger partial charge >= 0.3 is 0 Å². The van der Waals surface area contributed by atoms with Crippen LogP contribution in [-0.2, 0) is 4.74 Å². The lowest BCUT2D eigenvalue weighted by molar-refractivity contribution is 0.0719. The lowest BCUT2D eigenvalue weighted by Gasteiger charge is -2.31. The van der Waals surface area contributed by atoms with Crippen LogP contribution in [0.25, 0.3) is 0 Å². The summed E-state index contributed by atoms with van der Waals surface area (Å²) < 4.78 is 5.92. The minimum atomic E-state index is 0.568. The Balaban J connectivity index is 1.63. The van der Waals surface area contributed by atoms with E-state index in [-0.39, 0.29) is 0 Å². The van der Waals surface area contributed by atoms with Gasteiger partial charge < -0.3 is 10.1 Å². The van der Waals surface area contributed by atoms with Crippen LogP contribution in [0.2, 0.25) is 0 Å². The van der Waals surface area contributed by atoms with Crippen LogP contribution in [0.5, 0.6) is 0 Å². The summed E-state index contributed by atoms with van der Waals surface area (Å²) in [5, 5.41) is 3.46. The van der Waals surface area contributed by atoms with Crippen molar-refractivity contribution in [2.24, 2.45) is 0 Å². The molecular weight excluding hydrogens is 176 g/mol. The van der Waals surface area contributed by atoms with Crippen molar-refractivity contribution in [3.8, 4) is 0 Å². The van der Waals surface area contributed by atoms with Crippen molar-refractivity contribution in [1.29, 1.82) is 0 Å². The van der Waals surface area contributed by atoms with Crippen LogP contribution in [0.3, 0.4) is 0 Å². The summed E-state index contributed by atoms with van der Waals surface area (Å²) in [6, 6.07) is 0.744. The Morgan fingerprint density at radius 2 is 2.14 bits per heavy atom. The van der Waals surface area contributed by atoms with Crippen molar-refractivity contribution >= 4 is 0 Å². The number of ether oxygens (including phenoxy) is 1. The van der Waals surface area contributed by atoms with Crippen molar-refractivity contribution in [3.05, 3.63) is 0 Å². The Bertz CT molecular complexity index is 201. The van der Waals surface area contributed by atoms with Crippen LogP contribution in [0.4, 0.5) is 0 Å². The third-order valence-electron chi connectivity index (χ3n) is 3.92. The van der Waals surface area contributed by atoms with Crippen molar-refractivity contribution in [3.63, 3.8) is 0 Å². The zero-order valence-corrected chi connectivity index (χ0v) is 8.74. The smallest absolute Gasteiger partial charge is 0.0735 e. The molecule has 2 bridgehead atoms. The molecule has 3 saturated heterocycles. The molecule has 3 unspecified atom stereocenters. The van der Waals surface area contributed by atoms with Crippen LogP contribution < -0.4 is 5.32 Å². The van der Waals surface area contributed by atoms with E-state index in [1.165, 1.54) is 45.3 Å². The second-order valence-corrected chi connectivity index (χ2v) is 4.82. The first kappa shape index (κ1) is 9.13. The van der Waals surface area contributed by atoms with Gasteiger partial charge in [0.05, 0.1) is 12.2 Å². The maximum absolute atomic E-state index is 5.92. The first-order chi connectivity index (χ1) is 6.93. The third-order valence-corrected chi connectivity index (χ3v) is 3.92. The molecule has 3 fully saturated rings. The van der Waals surface area contributed by atoms with Gasteiger partial charge in [-0.15, -0.1) is 0 Å². The van der Waals surface area contributed by atoms with E-state index in [0.717, 1.165) is 12.6 Å². The highest BCUT2D eigenvalue weighted by Gasteiger charge is 2.43. The first-order valence-electron chi connectivity index (χ1n) is 6.04. The summed E-state index contributed by atoms with van der Waals surface area (Å²) >= 11 is 0. The van der Waals surface area contributed by atoms with Crippen LogP contribution >= 0.6 is 0 Å². The molecule has 3 atom stereocenters. The molecule has 0 saturated carbocycles. The Kier molecular flexibility index (Phi) is 2.48. The first-order valence-corrected chi connectivity index (χ1v) is 6.04. The Hall–Kier alpha value is -0.120. The Labute approximate surface area is 85.8 Å². The van der Waals surface area contributed by atoms with Gasteiger partial charge in [0.2, 0.25) is 0 Å². The number of nitrogens with zero attached hydrogens (tertiary/aromatic N) is 1. The van der Waals surface area contributed by atoms with E-state index < -0.39 is 0 Å². The highest BCUT2D eigenvalue weighted by Crippen LogP contribution is 2.37. The summed E-state index contributed by atoms with van der Waals surface area (Å²) in [7, 11) is 0. The van der Waals surface area contributed by atoms with Crippen LogP contribution in [-0.4, -0.2) is 49.3 Å². The van der Waals surface area contributed by atoms with Gasteiger partial charge in [-0.1, -0.05) is 0 Å². The standard InChI is InChI=1S/C11H20N2O/c1-4-12-5-7-13(6-1)10-8-9-2-3-11(10)14-9/h9-12H,1-8H2. The summed E-state index contributed by atoms with van der Waals surface area (Å²) in [5.41, 5.74) is 0. The van der Waals surface area contributed by atoms with Crippen LogP contribution in [0.1, 0.15) is 25.7 Å². The van der Waals surface area contributed by atoms with Crippen LogP contribution in [0.15, 0.2) is 0 Å². The summed E-state index contributed by atoms with van der Waals surface area (Å²) in [5.74, 6) is 0. The van der Waals surface area contributed by atoms with Gasteiger partial charge in [-0.3, -0.25) is 4.90 Å². The summed E-state index contributed by atoms with van der Waals surface area (Å²) in [6.45, 7) is 4.84. The molecule has 0 spiro atoms. The molecule has 0 amide bonds. The molecule has 3 aliphatic rings. The molecule has 0 aromatic rings. The number of rotatable bonds is 1. The normalized spacial score (nSPS) is 44.1. The molecule has 1 N–H and O–H groups in total. The molecule has 14 heavy (non-hydrogen) atoms. The van der Waals surface area contributed by atoms with E-state index in [4.69, 9.17) is 4.74 Å². The minimum Gasteiger partial charge on any atom is -0.373 e.